The van der Waals surface area contributed by atoms with Gasteiger partial charge in [-0.15, -0.1) is 11.3 Å². The molecule has 0 saturated carbocycles. The standard InChI is InChI=1S/C17H19N3O4S.H2O/c18-16(23)14-15(25-17(20-14)11-5-7-19-8-6-11)10-1-3-12(4-2-10)24-9-13(21)22;/h1-4,11,19H,5-9H2,(H2,18,23)(H,21,22);1H2. The molecule has 1 aliphatic heterocycles. The van der Waals surface area contributed by atoms with Gasteiger partial charge in [0.1, 0.15) is 11.4 Å². The number of primary amides is 1. The Morgan fingerprint density at radius 2 is 1.92 bits per heavy atom. The summed E-state index contributed by atoms with van der Waals surface area (Å²) in [6.45, 7) is 1.49. The third kappa shape index (κ3) is 4.57. The van der Waals surface area contributed by atoms with Crippen molar-refractivity contribution in [1.29, 1.82) is 0 Å². The molecular formula is C17H21N3O5S. The third-order valence-electron chi connectivity index (χ3n) is 4.04. The minimum atomic E-state index is -1.03. The van der Waals surface area contributed by atoms with Gasteiger partial charge >= 0.3 is 5.97 Å². The van der Waals surface area contributed by atoms with E-state index in [1.54, 1.807) is 24.3 Å². The number of amides is 1. The molecule has 0 bridgehead atoms. The number of aliphatic carboxylic acids is 1. The summed E-state index contributed by atoms with van der Waals surface area (Å²) < 4.78 is 5.13. The first-order chi connectivity index (χ1) is 12.0. The minimum absolute atomic E-state index is 0. The topological polar surface area (TPSA) is 146 Å². The van der Waals surface area contributed by atoms with Gasteiger partial charge < -0.3 is 26.4 Å². The number of hydrogen-bond acceptors (Lipinski definition) is 6. The molecule has 140 valence electrons. The monoisotopic (exact) mass is 379 g/mol. The summed E-state index contributed by atoms with van der Waals surface area (Å²) in [5.74, 6) is -0.780. The molecule has 0 spiro atoms. The Balaban J connectivity index is 0.00000243. The van der Waals surface area contributed by atoms with E-state index < -0.39 is 18.5 Å². The van der Waals surface area contributed by atoms with E-state index in [-0.39, 0.29) is 11.2 Å². The molecule has 9 heteroatoms. The van der Waals surface area contributed by atoms with E-state index in [2.05, 4.69) is 10.3 Å². The number of carbonyl (C=O) groups is 2. The Morgan fingerprint density at radius 1 is 1.27 bits per heavy atom. The predicted octanol–water partition coefficient (Wildman–Crippen LogP) is 1.01. The van der Waals surface area contributed by atoms with Crippen molar-refractivity contribution in [2.24, 2.45) is 5.73 Å². The third-order valence-corrected chi connectivity index (χ3v) is 5.31. The molecule has 1 aliphatic rings. The van der Waals surface area contributed by atoms with Crippen molar-refractivity contribution in [3.63, 3.8) is 0 Å². The van der Waals surface area contributed by atoms with Crippen LogP contribution < -0.4 is 15.8 Å². The second kappa shape index (κ2) is 8.75. The number of hydrogen-bond donors (Lipinski definition) is 3. The highest BCUT2D eigenvalue weighted by atomic mass is 32.1. The lowest BCUT2D eigenvalue weighted by molar-refractivity contribution is -0.139. The van der Waals surface area contributed by atoms with Crippen molar-refractivity contribution in [3.8, 4) is 16.2 Å². The average Bonchev–Trinajstić information content (AvgIpc) is 3.07. The molecule has 0 radical (unpaired) electrons. The molecule has 26 heavy (non-hydrogen) atoms. The fourth-order valence-corrected chi connectivity index (χ4v) is 4.04. The lowest BCUT2D eigenvalue weighted by Gasteiger charge is -2.20. The molecule has 0 aliphatic carbocycles. The predicted molar refractivity (Wildman–Crippen MR) is 97.7 cm³/mol. The maximum atomic E-state index is 11.8. The fraction of sp³-hybridized carbons (Fsp3) is 0.353. The van der Waals surface area contributed by atoms with Crippen LogP contribution in [-0.4, -0.2) is 47.1 Å². The number of thiazole rings is 1. The van der Waals surface area contributed by atoms with Crippen molar-refractivity contribution in [2.45, 2.75) is 18.8 Å². The highest BCUT2D eigenvalue weighted by Gasteiger charge is 2.24. The van der Waals surface area contributed by atoms with Gasteiger partial charge in [0.2, 0.25) is 0 Å². The number of nitrogens with zero attached hydrogens (tertiary/aromatic N) is 1. The summed E-state index contributed by atoms with van der Waals surface area (Å²) in [6, 6.07) is 6.91. The van der Waals surface area contributed by atoms with Crippen molar-refractivity contribution < 1.29 is 24.9 Å². The number of carboxylic acid groups (broad SMARTS) is 1. The van der Waals surface area contributed by atoms with Gasteiger partial charge in [-0.2, -0.15) is 0 Å². The van der Waals surface area contributed by atoms with Gasteiger partial charge in [0, 0.05) is 5.92 Å². The molecule has 1 aromatic carbocycles. The molecule has 3 rings (SSSR count). The number of rotatable bonds is 6. The number of benzene rings is 1. The smallest absolute Gasteiger partial charge is 0.341 e. The SMILES string of the molecule is NC(=O)c1nc(C2CCNCC2)sc1-c1ccc(OCC(=O)O)cc1.O. The Labute approximate surface area is 154 Å². The van der Waals surface area contributed by atoms with Gasteiger partial charge in [-0.25, -0.2) is 9.78 Å². The quantitative estimate of drug-likeness (QED) is 0.683. The largest absolute Gasteiger partial charge is 0.482 e. The minimum Gasteiger partial charge on any atom is -0.482 e. The van der Waals surface area contributed by atoms with Crippen LogP contribution >= 0.6 is 11.3 Å². The molecule has 1 aromatic heterocycles. The maximum absolute atomic E-state index is 11.8. The molecule has 1 amide bonds. The van der Waals surface area contributed by atoms with Crippen LogP contribution in [0, 0.1) is 0 Å². The van der Waals surface area contributed by atoms with Crippen LogP contribution in [0.5, 0.6) is 5.75 Å². The van der Waals surface area contributed by atoms with E-state index in [0.717, 1.165) is 41.4 Å². The zero-order chi connectivity index (χ0) is 17.8. The molecule has 6 N–H and O–H groups in total. The molecule has 8 nitrogen and oxygen atoms in total. The molecule has 1 fully saturated rings. The number of piperidine rings is 1. The van der Waals surface area contributed by atoms with Crippen LogP contribution in [0.2, 0.25) is 0 Å². The number of carbonyl (C=O) groups excluding carboxylic acids is 1. The number of ether oxygens (including phenoxy) is 1. The van der Waals surface area contributed by atoms with Gasteiger partial charge in [0.15, 0.2) is 6.61 Å². The highest BCUT2D eigenvalue weighted by Crippen LogP contribution is 2.37. The van der Waals surface area contributed by atoms with Gasteiger partial charge in [-0.1, -0.05) is 0 Å². The van der Waals surface area contributed by atoms with Crippen LogP contribution in [0.4, 0.5) is 0 Å². The van der Waals surface area contributed by atoms with Crippen LogP contribution in [0.1, 0.15) is 34.3 Å². The van der Waals surface area contributed by atoms with Gasteiger partial charge in [-0.3, -0.25) is 4.79 Å². The molecule has 2 heterocycles. The highest BCUT2D eigenvalue weighted by molar-refractivity contribution is 7.15. The van der Waals surface area contributed by atoms with E-state index in [9.17, 15) is 9.59 Å². The van der Waals surface area contributed by atoms with Crippen LogP contribution in [-0.2, 0) is 4.79 Å². The first-order valence-corrected chi connectivity index (χ1v) is 8.82. The van der Waals surface area contributed by atoms with E-state index >= 15 is 0 Å². The van der Waals surface area contributed by atoms with Gasteiger partial charge in [-0.05, 0) is 55.8 Å². The molecule has 1 saturated heterocycles. The molecule has 0 atom stereocenters. The van der Waals surface area contributed by atoms with Crippen molar-refractivity contribution in [2.75, 3.05) is 19.7 Å². The summed E-state index contributed by atoms with van der Waals surface area (Å²) in [6.07, 6.45) is 1.99. The van der Waals surface area contributed by atoms with E-state index in [1.807, 2.05) is 0 Å². The second-order valence-corrected chi connectivity index (χ2v) is 6.86. The lowest BCUT2D eigenvalue weighted by Crippen LogP contribution is -2.26. The van der Waals surface area contributed by atoms with Gasteiger partial charge in [0.25, 0.3) is 5.91 Å². The first-order valence-electron chi connectivity index (χ1n) is 8.01. The van der Waals surface area contributed by atoms with Crippen molar-refractivity contribution in [3.05, 3.63) is 35.0 Å². The fourth-order valence-electron chi connectivity index (χ4n) is 2.79. The van der Waals surface area contributed by atoms with Crippen molar-refractivity contribution in [1.82, 2.24) is 10.3 Å². The van der Waals surface area contributed by atoms with E-state index in [4.69, 9.17) is 15.6 Å². The Kier molecular flexibility index (Phi) is 6.67. The molecular weight excluding hydrogens is 358 g/mol. The van der Waals surface area contributed by atoms with Gasteiger partial charge in [0.05, 0.1) is 9.88 Å². The number of carboxylic acids is 1. The summed E-state index contributed by atoms with van der Waals surface area (Å²) in [7, 11) is 0. The Morgan fingerprint density at radius 3 is 2.50 bits per heavy atom. The summed E-state index contributed by atoms with van der Waals surface area (Å²) in [5.41, 5.74) is 6.61. The zero-order valence-corrected chi connectivity index (χ0v) is 14.8. The number of nitrogens with two attached hydrogens (primary N) is 1. The van der Waals surface area contributed by atoms with Crippen LogP contribution in [0.3, 0.4) is 0 Å². The lowest BCUT2D eigenvalue weighted by atomic mass is 9.99. The first kappa shape index (κ1) is 19.8. The maximum Gasteiger partial charge on any atom is 0.341 e. The Bertz CT molecular complexity index is 769. The zero-order valence-electron chi connectivity index (χ0n) is 14.0. The van der Waals surface area contributed by atoms with E-state index in [1.165, 1.54) is 11.3 Å². The van der Waals surface area contributed by atoms with Crippen LogP contribution in [0.25, 0.3) is 10.4 Å². The summed E-state index contributed by atoms with van der Waals surface area (Å²) in [4.78, 5) is 27.6. The van der Waals surface area contributed by atoms with E-state index in [0.29, 0.717) is 11.7 Å². The molecule has 0 unspecified atom stereocenters. The van der Waals surface area contributed by atoms with Crippen molar-refractivity contribution >= 4 is 23.2 Å². The average molecular weight is 379 g/mol. The second-order valence-electron chi connectivity index (χ2n) is 5.83. The normalized spacial score (nSPS) is 14.5. The molecule has 2 aromatic rings. The Hall–Kier alpha value is -2.49. The van der Waals surface area contributed by atoms with Crippen LogP contribution in [0.15, 0.2) is 24.3 Å². The summed E-state index contributed by atoms with van der Waals surface area (Å²) in [5, 5.41) is 12.9. The number of nitrogens with one attached hydrogen (secondary N) is 1. The summed E-state index contributed by atoms with van der Waals surface area (Å²) >= 11 is 1.50. The number of aromatic nitrogens is 1.